The molecule has 0 saturated heterocycles. The van der Waals surface area contributed by atoms with Gasteiger partial charge >= 0.3 is 5.97 Å². The Bertz CT molecular complexity index is 246. The lowest BCUT2D eigenvalue weighted by atomic mass is 10.2. The van der Waals surface area contributed by atoms with Crippen LogP contribution in [0.1, 0.15) is 6.92 Å². The zero-order valence-electron chi connectivity index (χ0n) is 6.56. The molecule has 0 spiro atoms. The molecule has 4 N–H and O–H groups in total. The van der Waals surface area contributed by atoms with Crippen molar-refractivity contribution in [2.75, 3.05) is 0 Å². The SMILES string of the molecule is CC(N)(C(=O)O)N1N=CC=CN1. The predicted molar refractivity (Wildman–Crippen MR) is 42.8 cm³/mol. The molecule has 1 rings (SSSR count). The molecule has 0 amide bonds. The maximum absolute atomic E-state index is 10.6. The molecule has 0 bridgehead atoms. The molecule has 1 aliphatic heterocycles. The van der Waals surface area contributed by atoms with Crippen LogP contribution in [0.3, 0.4) is 0 Å². The Kier molecular flexibility index (Phi) is 2.01. The summed E-state index contributed by atoms with van der Waals surface area (Å²) in [6, 6.07) is 0. The summed E-state index contributed by atoms with van der Waals surface area (Å²) in [6.45, 7) is 1.35. The van der Waals surface area contributed by atoms with Crippen LogP contribution in [0.2, 0.25) is 0 Å². The minimum absolute atomic E-state index is 1.06. The van der Waals surface area contributed by atoms with E-state index < -0.39 is 11.6 Å². The van der Waals surface area contributed by atoms with Crippen molar-refractivity contribution in [3.05, 3.63) is 12.3 Å². The van der Waals surface area contributed by atoms with Crippen molar-refractivity contribution < 1.29 is 9.90 Å². The van der Waals surface area contributed by atoms with Crippen LogP contribution in [0.15, 0.2) is 17.4 Å². The van der Waals surface area contributed by atoms with Crippen LogP contribution < -0.4 is 11.2 Å². The highest BCUT2D eigenvalue weighted by Crippen LogP contribution is 2.06. The van der Waals surface area contributed by atoms with Gasteiger partial charge in [-0.3, -0.25) is 11.2 Å². The van der Waals surface area contributed by atoms with E-state index in [-0.39, 0.29) is 0 Å². The average molecular weight is 170 g/mol. The van der Waals surface area contributed by atoms with E-state index in [0.29, 0.717) is 0 Å². The normalized spacial score (nSPS) is 20.0. The van der Waals surface area contributed by atoms with Crippen molar-refractivity contribution in [3.8, 4) is 0 Å². The molecule has 1 atom stereocenters. The number of carboxylic acid groups (broad SMARTS) is 1. The third-order valence-electron chi connectivity index (χ3n) is 1.43. The van der Waals surface area contributed by atoms with E-state index in [2.05, 4.69) is 10.5 Å². The second kappa shape index (κ2) is 2.82. The Labute approximate surface area is 69.3 Å². The molecular formula is C6H10N4O2. The number of allylic oxidation sites excluding steroid dienone is 1. The lowest BCUT2D eigenvalue weighted by Gasteiger charge is -2.32. The van der Waals surface area contributed by atoms with Gasteiger partial charge in [0.15, 0.2) is 0 Å². The Balaban J connectivity index is 2.75. The number of aliphatic carboxylic acids is 1. The molecule has 6 nitrogen and oxygen atoms in total. The molecule has 0 radical (unpaired) electrons. The van der Waals surface area contributed by atoms with Gasteiger partial charge in [-0.1, -0.05) is 0 Å². The molecule has 1 unspecified atom stereocenters. The van der Waals surface area contributed by atoms with Crippen molar-refractivity contribution in [3.63, 3.8) is 0 Å². The first-order valence-corrected chi connectivity index (χ1v) is 3.33. The van der Waals surface area contributed by atoms with Gasteiger partial charge in [0.25, 0.3) is 0 Å². The molecule has 0 aromatic carbocycles. The number of hydrogen-bond acceptors (Lipinski definition) is 5. The van der Waals surface area contributed by atoms with Crippen LogP contribution in [0.25, 0.3) is 0 Å². The number of hydrogen-bond donors (Lipinski definition) is 3. The van der Waals surface area contributed by atoms with Crippen LogP contribution in [0, 0.1) is 0 Å². The van der Waals surface area contributed by atoms with Gasteiger partial charge in [-0.15, -0.1) is 0 Å². The number of rotatable bonds is 2. The summed E-state index contributed by atoms with van der Waals surface area (Å²) in [7, 11) is 0. The molecule has 6 heteroatoms. The smallest absolute Gasteiger partial charge is 0.348 e. The molecule has 66 valence electrons. The number of carbonyl (C=O) groups is 1. The standard InChI is InChI=1S/C6H10N4O2/c1-6(7,5(11)12)10-8-3-2-4-9-10/h2-4,8H,7H2,1H3,(H,11,12). The van der Waals surface area contributed by atoms with Gasteiger partial charge in [0.1, 0.15) is 0 Å². The average Bonchev–Trinajstić information content (AvgIpc) is 2.06. The maximum atomic E-state index is 10.6. The zero-order valence-corrected chi connectivity index (χ0v) is 6.56. The van der Waals surface area contributed by atoms with E-state index >= 15 is 0 Å². The third kappa shape index (κ3) is 1.37. The lowest BCUT2D eigenvalue weighted by Crippen LogP contribution is -2.61. The third-order valence-corrected chi connectivity index (χ3v) is 1.43. The summed E-state index contributed by atoms with van der Waals surface area (Å²) in [5.74, 6) is -1.15. The first kappa shape index (κ1) is 8.54. The summed E-state index contributed by atoms with van der Waals surface area (Å²) < 4.78 is 0. The van der Waals surface area contributed by atoms with Gasteiger partial charge in [0, 0.05) is 6.20 Å². The van der Waals surface area contributed by atoms with Crippen molar-refractivity contribution in [2.45, 2.75) is 12.6 Å². The van der Waals surface area contributed by atoms with E-state index in [0.717, 1.165) is 5.12 Å². The van der Waals surface area contributed by atoms with Crippen LogP contribution in [-0.2, 0) is 4.79 Å². The van der Waals surface area contributed by atoms with E-state index in [4.69, 9.17) is 10.8 Å². The van der Waals surface area contributed by atoms with Crippen LogP contribution in [0.5, 0.6) is 0 Å². The second-order valence-electron chi connectivity index (χ2n) is 2.52. The second-order valence-corrected chi connectivity index (χ2v) is 2.52. The largest absolute Gasteiger partial charge is 0.478 e. The highest BCUT2D eigenvalue weighted by molar-refractivity contribution is 5.78. The quantitative estimate of drug-likeness (QED) is 0.498. The highest BCUT2D eigenvalue weighted by Gasteiger charge is 2.35. The Morgan fingerprint density at radius 3 is 2.92 bits per heavy atom. The van der Waals surface area contributed by atoms with Crippen LogP contribution in [0.4, 0.5) is 0 Å². The Hall–Kier alpha value is -1.56. The Morgan fingerprint density at radius 2 is 2.50 bits per heavy atom. The molecule has 0 aromatic rings. The first-order valence-electron chi connectivity index (χ1n) is 3.33. The summed E-state index contributed by atoms with van der Waals surface area (Å²) in [6.07, 6.45) is 4.63. The predicted octanol–water partition coefficient (Wildman–Crippen LogP) is -0.934. The minimum Gasteiger partial charge on any atom is -0.478 e. The minimum atomic E-state index is -1.54. The summed E-state index contributed by atoms with van der Waals surface area (Å²) >= 11 is 0. The van der Waals surface area contributed by atoms with Gasteiger partial charge in [-0.25, -0.2) is 4.79 Å². The molecule has 0 fully saturated rings. The number of nitrogens with two attached hydrogens (primary N) is 1. The van der Waals surface area contributed by atoms with Gasteiger partial charge in [0.05, 0.1) is 6.21 Å². The fourth-order valence-corrected chi connectivity index (χ4v) is 0.640. The topological polar surface area (TPSA) is 91.0 Å². The van der Waals surface area contributed by atoms with Crippen molar-refractivity contribution in [1.82, 2.24) is 10.5 Å². The van der Waals surface area contributed by atoms with Gasteiger partial charge < -0.3 is 5.11 Å². The van der Waals surface area contributed by atoms with E-state index in [9.17, 15) is 4.79 Å². The molecule has 1 aliphatic rings. The van der Waals surface area contributed by atoms with Gasteiger partial charge in [-0.05, 0) is 13.0 Å². The number of hydrazine groups is 1. The highest BCUT2D eigenvalue weighted by atomic mass is 16.4. The molecule has 0 aliphatic carbocycles. The maximum Gasteiger partial charge on any atom is 0.348 e. The van der Waals surface area contributed by atoms with Crippen molar-refractivity contribution >= 4 is 12.2 Å². The summed E-state index contributed by atoms with van der Waals surface area (Å²) in [5.41, 5.74) is 6.50. The molecule has 1 heterocycles. The monoisotopic (exact) mass is 170 g/mol. The van der Waals surface area contributed by atoms with Gasteiger partial charge in [0.2, 0.25) is 5.66 Å². The van der Waals surface area contributed by atoms with Crippen LogP contribution >= 0.6 is 0 Å². The molecule has 0 saturated carbocycles. The van der Waals surface area contributed by atoms with E-state index in [1.807, 2.05) is 0 Å². The van der Waals surface area contributed by atoms with E-state index in [1.165, 1.54) is 13.1 Å². The number of nitrogens with one attached hydrogen (secondary N) is 1. The van der Waals surface area contributed by atoms with E-state index in [1.54, 1.807) is 12.3 Å². The summed E-state index contributed by atoms with van der Waals surface area (Å²) in [4.78, 5) is 10.6. The Morgan fingerprint density at radius 1 is 1.83 bits per heavy atom. The number of nitrogens with zero attached hydrogens (tertiary/aromatic N) is 2. The van der Waals surface area contributed by atoms with Crippen molar-refractivity contribution in [2.24, 2.45) is 10.8 Å². The summed E-state index contributed by atoms with van der Waals surface area (Å²) in [5, 5.41) is 13.5. The van der Waals surface area contributed by atoms with Gasteiger partial charge in [-0.2, -0.15) is 10.2 Å². The first-order chi connectivity index (χ1) is 5.55. The van der Waals surface area contributed by atoms with Crippen LogP contribution in [-0.4, -0.2) is 28.1 Å². The lowest BCUT2D eigenvalue weighted by molar-refractivity contribution is -0.152. The van der Waals surface area contributed by atoms with Crippen molar-refractivity contribution in [1.29, 1.82) is 0 Å². The zero-order chi connectivity index (χ0) is 9.19. The molecular weight excluding hydrogens is 160 g/mol. The fourth-order valence-electron chi connectivity index (χ4n) is 0.640. The number of hydrazone groups is 1. The molecule has 0 aromatic heterocycles. The number of carboxylic acids is 1. The molecule has 12 heavy (non-hydrogen) atoms. The fraction of sp³-hybridized carbons (Fsp3) is 0.333.